The number of nitrogens with zero attached hydrogens (tertiary/aromatic N) is 2. The Morgan fingerprint density at radius 3 is 2.52 bits per heavy atom. The molecule has 2 aromatic rings. The van der Waals surface area contributed by atoms with Gasteiger partial charge in [-0.3, -0.25) is 10.1 Å². The Balaban J connectivity index is 2.05. The number of hydrogen-bond acceptors (Lipinski definition) is 5. The molecule has 0 saturated heterocycles. The zero-order chi connectivity index (χ0) is 21.6. The molecule has 0 fully saturated rings. The number of ether oxygens (including phenoxy) is 1. The molecule has 0 bridgehead atoms. The van der Waals surface area contributed by atoms with Crippen molar-refractivity contribution in [2.24, 2.45) is 0 Å². The molecule has 154 valence electrons. The molecule has 1 atom stereocenters. The molecular weight excluding hydrogens is 379 g/mol. The molecule has 0 aliphatic carbocycles. The summed E-state index contributed by atoms with van der Waals surface area (Å²) in [4.78, 5) is 35.2. The minimum atomic E-state index is -1.14. The average Bonchev–Trinajstić information content (AvgIpc) is 2.94. The maximum Gasteiger partial charge on any atom is 0.331 e. The second-order valence-corrected chi connectivity index (χ2v) is 6.23. The lowest BCUT2D eigenvalue weighted by Gasteiger charge is -2.11. The Labute approximate surface area is 167 Å². The maximum atomic E-state index is 13.1. The summed E-state index contributed by atoms with van der Waals surface area (Å²) in [5.41, 5.74) is 2.80. The van der Waals surface area contributed by atoms with Crippen LogP contribution in [0.1, 0.15) is 30.8 Å². The molecule has 0 aliphatic heterocycles. The van der Waals surface area contributed by atoms with Crippen LogP contribution >= 0.6 is 0 Å². The van der Waals surface area contributed by atoms with E-state index in [0.29, 0.717) is 23.5 Å². The number of carbonyl (C=O) groups is 3. The van der Waals surface area contributed by atoms with Crippen LogP contribution in [0.5, 0.6) is 0 Å². The van der Waals surface area contributed by atoms with Crippen molar-refractivity contribution in [2.75, 3.05) is 6.54 Å². The highest BCUT2D eigenvalue weighted by molar-refractivity contribution is 5.98. The van der Waals surface area contributed by atoms with E-state index in [4.69, 9.17) is 4.74 Å². The van der Waals surface area contributed by atoms with Gasteiger partial charge in [0.2, 0.25) is 0 Å². The first-order valence-corrected chi connectivity index (χ1v) is 9.02. The average molecular weight is 402 g/mol. The Hall–Kier alpha value is -3.49. The third-order valence-electron chi connectivity index (χ3n) is 4.04. The summed E-state index contributed by atoms with van der Waals surface area (Å²) in [5, 5.41) is 8.89. The van der Waals surface area contributed by atoms with E-state index in [0.717, 1.165) is 5.69 Å². The Morgan fingerprint density at radius 2 is 1.90 bits per heavy atom. The number of hydrogen-bond donors (Lipinski definition) is 2. The summed E-state index contributed by atoms with van der Waals surface area (Å²) in [6.07, 6.45) is 1.58. The molecule has 3 amide bonds. The highest BCUT2D eigenvalue weighted by Crippen LogP contribution is 2.19. The van der Waals surface area contributed by atoms with Gasteiger partial charge in [-0.05, 0) is 58.0 Å². The topological polar surface area (TPSA) is 102 Å². The van der Waals surface area contributed by atoms with Crippen LogP contribution in [0.4, 0.5) is 9.18 Å². The summed E-state index contributed by atoms with van der Waals surface area (Å²) in [7, 11) is 0. The van der Waals surface area contributed by atoms with Crippen molar-refractivity contribution in [2.45, 2.75) is 33.8 Å². The minimum absolute atomic E-state index is 0.344. The van der Waals surface area contributed by atoms with Crippen LogP contribution in [0.25, 0.3) is 11.8 Å². The van der Waals surface area contributed by atoms with Gasteiger partial charge in [-0.25, -0.2) is 18.7 Å². The number of amides is 3. The van der Waals surface area contributed by atoms with Crippen molar-refractivity contribution >= 4 is 24.0 Å². The second-order valence-electron chi connectivity index (χ2n) is 6.23. The predicted molar refractivity (Wildman–Crippen MR) is 105 cm³/mol. The standard InChI is InChI=1S/C20H23FN4O4/c1-5-22-20(28)23-19(27)14(4)29-18(26)11-10-17-12(2)24-25(13(17)3)16-8-6-15(21)7-9-16/h6-11,14H,5H2,1-4H3,(H2,22,23,27,28)/b11-10+. The molecule has 0 saturated carbocycles. The molecule has 1 unspecified atom stereocenters. The number of aromatic nitrogens is 2. The number of halogens is 1. The van der Waals surface area contributed by atoms with Gasteiger partial charge >= 0.3 is 12.0 Å². The van der Waals surface area contributed by atoms with Gasteiger partial charge in [0, 0.05) is 23.9 Å². The quantitative estimate of drug-likeness (QED) is 0.571. The first-order valence-electron chi connectivity index (χ1n) is 9.02. The van der Waals surface area contributed by atoms with Crippen LogP contribution < -0.4 is 10.6 Å². The maximum absolute atomic E-state index is 13.1. The smallest absolute Gasteiger partial charge is 0.331 e. The number of esters is 1. The van der Waals surface area contributed by atoms with Crippen LogP contribution in [0.2, 0.25) is 0 Å². The van der Waals surface area contributed by atoms with Crippen molar-refractivity contribution < 1.29 is 23.5 Å². The molecule has 0 aliphatic rings. The molecule has 9 heteroatoms. The third-order valence-corrected chi connectivity index (χ3v) is 4.04. The number of nitrogens with one attached hydrogen (secondary N) is 2. The van der Waals surface area contributed by atoms with Crippen LogP contribution in [0.15, 0.2) is 30.3 Å². The number of aryl methyl sites for hydroxylation is 1. The first kappa shape index (κ1) is 21.8. The zero-order valence-corrected chi connectivity index (χ0v) is 16.7. The lowest BCUT2D eigenvalue weighted by atomic mass is 10.2. The van der Waals surface area contributed by atoms with Crippen LogP contribution in [0.3, 0.4) is 0 Å². The zero-order valence-electron chi connectivity index (χ0n) is 16.7. The second kappa shape index (κ2) is 9.63. The van der Waals surface area contributed by atoms with Gasteiger partial charge < -0.3 is 10.1 Å². The van der Waals surface area contributed by atoms with Gasteiger partial charge in [-0.15, -0.1) is 0 Å². The van der Waals surface area contributed by atoms with Crippen molar-refractivity contribution in [3.8, 4) is 5.69 Å². The van der Waals surface area contributed by atoms with Crippen LogP contribution in [0, 0.1) is 19.7 Å². The number of imide groups is 1. The van der Waals surface area contributed by atoms with E-state index in [1.807, 2.05) is 6.92 Å². The lowest BCUT2D eigenvalue weighted by Crippen LogP contribution is -2.44. The Kier molecular flexibility index (Phi) is 7.24. The van der Waals surface area contributed by atoms with Gasteiger partial charge in [0.1, 0.15) is 5.82 Å². The summed E-state index contributed by atoms with van der Waals surface area (Å²) in [6.45, 7) is 7.03. The molecule has 8 nitrogen and oxygen atoms in total. The summed E-state index contributed by atoms with van der Waals surface area (Å²) in [5.74, 6) is -1.81. The highest BCUT2D eigenvalue weighted by atomic mass is 19.1. The summed E-state index contributed by atoms with van der Waals surface area (Å²) < 4.78 is 19.8. The van der Waals surface area contributed by atoms with Gasteiger partial charge in [0.15, 0.2) is 6.10 Å². The number of benzene rings is 1. The molecule has 29 heavy (non-hydrogen) atoms. The normalized spacial score (nSPS) is 11.9. The number of urea groups is 1. The number of rotatable bonds is 6. The highest BCUT2D eigenvalue weighted by Gasteiger charge is 2.19. The van der Waals surface area contributed by atoms with Crippen molar-refractivity contribution in [1.29, 1.82) is 0 Å². The van der Waals surface area contributed by atoms with Crippen molar-refractivity contribution in [3.05, 3.63) is 53.1 Å². The SMILES string of the molecule is CCNC(=O)NC(=O)C(C)OC(=O)/C=C/c1c(C)nn(-c2ccc(F)cc2)c1C. The molecule has 0 radical (unpaired) electrons. The van der Waals surface area contributed by atoms with Crippen LogP contribution in [-0.4, -0.2) is 40.3 Å². The fourth-order valence-electron chi connectivity index (χ4n) is 2.57. The molecule has 0 spiro atoms. The fraction of sp³-hybridized carbons (Fsp3) is 0.300. The largest absolute Gasteiger partial charge is 0.449 e. The Morgan fingerprint density at radius 1 is 1.24 bits per heavy atom. The molecule has 2 N–H and O–H groups in total. The minimum Gasteiger partial charge on any atom is -0.449 e. The monoisotopic (exact) mass is 402 g/mol. The van der Waals surface area contributed by atoms with Crippen molar-refractivity contribution in [1.82, 2.24) is 20.4 Å². The van der Waals surface area contributed by atoms with Gasteiger partial charge in [0.05, 0.1) is 11.4 Å². The Bertz CT molecular complexity index is 935. The number of carbonyl (C=O) groups excluding carboxylic acids is 3. The van der Waals surface area contributed by atoms with Crippen LogP contribution in [-0.2, 0) is 14.3 Å². The summed E-state index contributed by atoms with van der Waals surface area (Å²) >= 11 is 0. The van der Waals surface area contributed by atoms with E-state index in [2.05, 4.69) is 15.7 Å². The molecular formula is C20H23FN4O4. The van der Waals surface area contributed by atoms with E-state index >= 15 is 0 Å². The van der Waals surface area contributed by atoms with E-state index in [1.54, 1.807) is 30.7 Å². The van der Waals surface area contributed by atoms with E-state index in [-0.39, 0.29) is 5.82 Å². The van der Waals surface area contributed by atoms with Gasteiger partial charge in [-0.2, -0.15) is 5.10 Å². The van der Waals surface area contributed by atoms with E-state index in [1.165, 1.54) is 31.2 Å². The van der Waals surface area contributed by atoms with Gasteiger partial charge in [0.25, 0.3) is 5.91 Å². The fourth-order valence-corrected chi connectivity index (χ4v) is 2.57. The van der Waals surface area contributed by atoms with E-state index < -0.39 is 24.0 Å². The molecule has 2 rings (SSSR count). The van der Waals surface area contributed by atoms with Gasteiger partial charge in [-0.1, -0.05) is 0 Å². The molecule has 1 heterocycles. The summed E-state index contributed by atoms with van der Waals surface area (Å²) in [6, 6.07) is 5.23. The first-order chi connectivity index (χ1) is 13.7. The predicted octanol–water partition coefficient (Wildman–Crippen LogP) is 2.42. The van der Waals surface area contributed by atoms with E-state index in [9.17, 15) is 18.8 Å². The van der Waals surface area contributed by atoms with Crippen molar-refractivity contribution in [3.63, 3.8) is 0 Å². The lowest BCUT2D eigenvalue weighted by molar-refractivity contribution is -0.149. The third kappa shape index (κ3) is 5.74. The molecule has 1 aromatic carbocycles. The molecule has 1 aromatic heterocycles.